The van der Waals surface area contributed by atoms with Crippen molar-refractivity contribution in [1.29, 1.82) is 0 Å². The predicted molar refractivity (Wildman–Crippen MR) is 90.4 cm³/mol. The van der Waals surface area contributed by atoms with Crippen molar-refractivity contribution < 1.29 is 4.79 Å². The van der Waals surface area contributed by atoms with Crippen LogP contribution < -0.4 is 10.6 Å². The first-order valence-electron chi connectivity index (χ1n) is 9.22. The molecule has 21 heavy (non-hydrogen) atoms. The second-order valence-corrected chi connectivity index (χ2v) is 6.84. The Morgan fingerprint density at radius 2 is 1.62 bits per heavy atom. The van der Waals surface area contributed by atoms with Gasteiger partial charge in [-0.05, 0) is 25.3 Å². The topological polar surface area (TPSA) is 41.1 Å². The summed E-state index contributed by atoms with van der Waals surface area (Å²) in [6.45, 7) is 6.53. The monoisotopic (exact) mass is 296 g/mol. The van der Waals surface area contributed by atoms with Crippen molar-refractivity contribution in [3.8, 4) is 0 Å². The van der Waals surface area contributed by atoms with E-state index in [9.17, 15) is 4.79 Å². The van der Waals surface area contributed by atoms with Crippen LogP contribution in [0.1, 0.15) is 84.5 Å². The Labute approximate surface area is 131 Å². The van der Waals surface area contributed by atoms with Gasteiger partial charge in [-0.2, -0.15) is 0 Å². The molecular formula is C18H36N2O. The number of carbonyl (C=O) groups is 1. The molecule has 2 unspecified atom stereocenters. The van der Waals surface area contributed by atoms with Crippen LogP contribution in [0.3, 0.4) is 0 Å². The van der Waals surface area contributed by atoms with Gasteiger partial charge in [0.1, 0.15) is 0 Å². The van der Waals surface area contributed by atoms with E-state index in [1.807, 2.05) is 0 Å². The standard InChI is InChI=1S/C18H36N2O/c1-3-4-5-6-7-8-9-10-11-12-18(21)20-17-13-16(2)14-19-15-17/h16-17,19H,3-15H2,1-2H3,(H,20,21). The Hall–Kier alpha value is -0.570. The van der Waals surface area contributed by atoms with E-state index >= 15 is 0 Å². The van der Waals surface area contributed by atoms with Crippen molar-refractivity contribution in [2.75, 3.05) is 13.1 Å². The third kappa shape index (κ3) is 9.89. The second-order valence-electron chi connectivity index (χ2n) is 6.84. The molecule has 2 atom stereocenters. The average molecular weight is 296 g/mol. The van der Waals surface area contributed by atoms with Crippen molar-refractivity contribution in [3.05, 3.63) is 0 Å². The largest absolute Gasteiger partial charge is 0.352 e. The molecule has 1 amide bonds. The van der Waals surface area contributed by atoms with Crippen molar-refractivity contribution >= 4 is 5.91 Å². The molecule has 0 bridgehead atoms. The van der Waals surface area contributed by atoms with Gasteiger partial charge in [0.05, 0.1) is 0 Å². The summed E-state index contributed by atoms with van der Waals surface area (Å²) in [5.41, 5.74) is 0. The first-order valence-corrected chi connectivity index (χ1v) is 9.22. The Kier molecular flexibility index (Phi) is 10.6. The fraction of sp³-hybridized carbons (Fsp3) is 0.944. The molecule has 1 aliphatic rings. The molecule has 1 fully saturated rings. The van der Waals surface area contributed by atoms with E-state index < -0.39 is 0 Å². The molecule has 0 aromatic rings. The maximum Gasteiger partial charge on any atom is 0.220 e. The fourth-order valence-corrected chi connectivity index (χ4v) is 3.16. The number of nitrogens with one attached hydrogen (secondary N) is 2. The van der Waals surface area contributed by atoms with E-state index in [2.05, 4.69) is 24.5 Å². The molecule has 0 spiro atoms. The maximum absolute atomic E-state index is 11.9. The molecular weight excluding hydrogens is 260 g/mol. The van der Waals surface area contributed by atoms with Crippen molar-refractivity contribution in [2.24, 2.45) is 5.92 Å². The Balaban J connectivity index is 1.89. The number of amides is 1. The van der Waals surface area contributed by atoms with Crippen molar-refractivity contribution in [2.45, 2.75) is 90.5 Å². The summed E-state index contributed by atoms with van der Waals surface area (Å²) in [5.74, 6) is 0.926. The molecule has 1 rings (SSSR count). The summed E-state index contributed by atoms with van der Waals surface area (Å²) in [6.07, 6.45) is 13.6. The van der Waals surface area contributed by atoms with Gasteiger partial charge < -0.3 is 10.6 Å². The van der Waals surface area contributed by atoms with E-state index in [1.54, 1.807) is 0 Å². The molecule has 3 nitrogen and oxygen atoms in total. The quantitative estimate of drug-likeness (QED) is 0.565. The average Bonchev–Trinajstić information content (AvgIpc) is 2.45. The number of piperidine rings is 1. The van der Waals surface area contributed by atoms with Gasteiger partial charge in [-0.15, -0.1) is 0 Å². The molecule has 124 valence electrons. The van der Waals surface area contributed by atoms with Crippen LogP contribution in [-0.4, -0.2) is 25.0 Å². The highest BCUT2D eigenvalue weighted by Crippen LogP contribution is 2.12. The van der Waals surface area contributed by atoms with Crippen molar-refractivity contribution in [3.63, 3.8) is 0 Å². The first-order chi connectivity index (χ1) is 10.2. The van der Waals surface area contributed by atoms with E-state index in [1.165, 1.54) is 51.4 Å². The third-order valence-corrected chi connectivity index (χ3v) is 4.44. The Morgan fingerprint density at radius 1 is 1.00 bits per heavy atom. The first kappa shape index (κ1) is 18.5. The molecule has 0 aromatic heterocycles. The van der Waals surface area contributed by atoms with Gasteiger partial charge in [0, 0.05) is 19.0 Å². The van der Waals surface area contributed by atoms with E-state index in [-0.39, 0.29) is 5.91 Å². The lowest BCUT2D eigenvalue weighted by Crippen LogP contribution is -2.48. The van der Waals surface area contributed by atoms with Crippen LogP contribution in [0.5, 0.6) is 0 Å². The van der Waals surface area contributed by atoms with Crippen LogP contribution in [-0.2, 0) is 4.79 Å². The summed E-state index contributed by atoms with van der Waals surface area (Å²) < 4.78 is 0. The highest BCUT2D eigenvalue weighted by atomic mass is 16.1. The molecule has 1 saturated heterocycles. The highest BCUT2D eigenvalue weighted by molar-refractivity contribution is 5.76. The third-order valence-electron chi connectivity index (χ3n) is 4.44. The molecule has 1 heterocycles. The van der Waals surface area contributed by atoms with E-state index in [4.69, 9.17) is 0 Å². The van der Waals surface area contributed by atoms with Crippen LogP contribution in [0, 0.1) is 5.92 Å². The number of hydrogen-bond acceptors (Lipinski definition) is 2. The lowest BCUT2D eigenvalue weighted by molar-refractivity contribution is -0.122. The summed E-state index contributed by atoms with van der Waals surface area (Å²) in [6, 6.07) is 0.347. The highest BCUT2D eigenvalue weighted by Gasteiger charge is 2.19. The summed E-state index contributed by atoms with van der Waals surface area (Å²) in [5, 5.41) is 6.55. The molecule has 0 aliphatic carbocycles. The minimum Gasteiger partial charge on any atom is -0.352 e. The molecule has 2 N–H and O–H groups in total. The van der Waals surface area contributed by atoms with Gasteiger partial charge >= 0.3 is 0 Å². The number of carbonyl (C=O) groups excluding carboxylic acids is 1. The van der Waals surface area contributed by atoms with Gasteiger partial charge in [0.2, 0.25) is 5.91 Å². The lowest BCUT2D eigenvalue weighted by atomic mass is 9.97. The second kappa shape index (κ2) is 12.0. The number of hydrogen-bond donors (Lipinski definition) is 2. The van der Waals surface area contributed by atoms with Crippen molar-refractivity contribution in [1.82, 2.24) is 10.6 Å². The SMILES string of the molecule is CCCCCCCCCCCC(=O)NC1CNCC(C)C1. The van der Waals surface area contributed by atoms with Crippen LogP contribution in [0.2, 0.25) is 0 Å². The zero-order valence-corrected chi connectivity index (χ0v) is 14.3. The molecule has 3 heteroatoms. The fourth-order valence-electron chi connectivity index (χ4n) is 3.16. The van der Waals surface area contributed by atoms with Crippen LogP contribution >= 0.6 is 0 Å². The lowest BCUT2D eigenvalue weighted by Gasteiger charge is -2.28. The van der Waals surface area contributed by atoms with Crippen LogP contribution in [0.25, 0.3) is 0 Å². The minimum atomic E-state index is 0.249. The Morgan fingerprint density at radius 3 is 2.24 bits per heavy atom. The number of rotatable bonds is 11. The zero-order chi connectivity index (χ0) is 15.3. The summed E-state index contributed by atoms with van der Waals surface area (Å²) in [4.78, 5) is 11.9. The number of unbranched alkanes of at least 4 members (excludes halogenated alkanes) is 8. The minimum absolute atomic E-state index is 0.249. The van der Waals surface area contributed by atoms with Crippen LogP contribution in [0.4, 0.5) is 0 Å². The van der Waals surface area contributed by atoms with Crippen LogP contribution in [0.15, 0.2) is 0 Å². The molecule has 1 aliphatic heterocycles. The maximum atomic E-state index is 11.9. The summed E-state index contributed by atoms with van der Waals surface area (Å²) >= 11 is 0. The zero-order valence-electron chi connectivity index (χ0n) is 14.3. The van der Waals surface area contributed by atoms with Gasteiger partial charge in [-0.25, -0.2) is 0 Å². The smallest absolute Gasteiger partial charge is 0.220 e. The van der Waals surface area contributed by atoms with Gasteiger partial charge in [-0.3, -0.25) is 4.79 Å². The van der Waals surface area contributed by atoms with Gasteiger partial charge in [-0.1, -0.05) is 65.2 Å². The summed E-state index contributed by atoms with van der Waals surface area (Å²) in [7, 11) is 0. The van der Waals surface area contributed by atoms with Gasteiger partial charge in [0.15, 0.2) is 0 Å². The molecule has 0 aromatic carbocycles. The predicted octanol–water partition coefficient (Wildman–Crippen LogP) is 4.02. The molecule has 0 radical (unpaired) electrons. The van der Waals surface area contributed by atoms with E-state index in [0.717, 1.165) is 25.9 Å². The molecule has 0 saturated carbocycles. The normalized spacial score (nSPS) is 22.2. The Bertz CT molecular complexity index is 268. The van der Waals surface area contributed by atoms with Gasteiger partial charge in [0.25, 0.3) is 0 Å². The van der Waals surface area contributed by atoms with E-state index in [0.29, 0.717) is 18.4 Å².